The van der Waals surface area contributed by atoms with Gasteiger partial charge in [0.2, 0.25) is 100 Å². The molecular formula is C86H117N19O25S. The Balaban J connectivity index is 1.19. The van der Waals surface area contributed by atoms with E-state index in [4.69, 9.17) is 11.5 Å². The number of phenols is 1. The lowest BCUT2D eigenvalue weighted by Gasteiger charge is -2.36. The molecule has 0 unspecified atom stereocenters. The van der Waals surface area contributed by atoms with E-state index in [0.29, 0.717) is 63.1 Å². The van der Waals surface area contributed by atoms with Crippen LogP contribution in [0.1, 0.15) is 127 Å². The molecule has 131 heavy (non-hydrogen) atoms. The quantitative estimate of drug-likeness (QED) is 0.0262. The summed E-state index contributed by atoms with van der Waals surface area (Å²) in [6.45, 7) is 0.779. The van der Waals surface area contributed by atoms with Crippen molar-refractivity contribution in [2.45, 2.75) is 221 Å². The molecule has 0 radical (unpaired) electrons. The van der Waals surface area contributed by atoms with E-state index >= 15 is 28.8 Å². The molecule has 0 saturated carbocycles. The van der Waals surface area contributed by atoms with Crippen LogP contribution in [0.4, 0.5) is 0 Å². The molecule has 3 aliphatic heterocycles. The smallest absolute Gasteiger partial charge is 0.303 e. The predicted molar refractivity (Wildman–Crippen MR) is 470 cm³/mol. The first kappa shape index (κ1) is 103. The molecule has 3 fully saturated rings. The van der Waals surface area contributed by atoms with Gasteiger partial charge in [-0.25, -0.2) is 0 Å². The number of amides is 17. The summed E-state index contributed by atoms with van der Waals surface area (Å²) in [6, 6.07) is -4.86. The van der Waals surface area contributed by atoms with Gasteiger partial charge in [-0.2, -0.15) is 0 Å². The monoisotopic (exact) mass is 1850 g/mol. The van der Waals surface area contributed by atoms with E-state index in [-0.39, 0.29) is 63.7 Å². The van der Waals surface area contributed by atoms with Crippen molar-refractivity contribution in [2.75, 3.05) is 65.5 Å². The van der Waals surface area contributed by atoms with Crippen molar-refractivity contribution in [3.8, 4) is 5.75 Å². The number of carboxylic acid groups (broad SMARTS) is 2. The molecule has 15 atom stereocenters. The number of nitrogens with two attached hydrogens (primary N) is 2. The summed E-state index contributed by atoms with van der Waals surface area (Å²) in [5.41, 5.74) is 13.4. The van der Waals surface area contributed by atoms with Gasteiger partial charge in [0.1, 0.15) is 90.3 Å². The number of carbonyl (C=O) groups excluding carboxylic acids is 17. The molecule has 0 aliphatic carbocycles. The predicted octanol–water partition coefficient (Wildman–Crippen LogP) is -4.48. The number of H-pyrrole nitrogens is 2. The molecule has 22 N–H and O–H groups in total. The second kappa shape index (κ2) is 48.9. The molecular weight excluding hydrogens is 1730 g/mol. The van der Waals surface area contributed by atoms with Crippen molar-refractivity contribution in [1.82, 2.24) is 87.6 Å². The highest BCUT2D eigenvalue weighted by atomic mass is 32.2. The number of rotatable bonds is 25. The lowest BCUT2D eigenvalue weighted by molar-refractivity contribution is -0.149. The standard InChI is InChI=1S/C86H117N19O25S/c1-7-9-20-64-79(123)93-55(27-29-71(113)114)75(119)100-63(74(118)91-39-69(88)111)43-131-44-70(112)92-58(32-46-23-25-49(108)26-24-46)82(126)101(4)45(3)73(117)96-60(36-68(87)110)85(129)104-31-15-22-65(104)80(124)99-62(42-107)77(121)94-56(28-30-72(115)116)84(128)105-40-50(109)35-67(105)81(125)95-57(33-47-37-89-53-18-13-11-16-51(47)53)76(120)98-61(41-106)78(122)97-59(34-48-38-90-54-19-14-12-17-52(48)54)83(127)103(6)66(21-10-8-2)86(130)102(64)5/h11-14,16-19,23-26,37-38,45,50,55-67,89-90,106-109H,7-10,15,20-22,27-36,39-44H2,1-6H3,(H2,87,110)(H2,88,111)(H,91,118)(H,92,112)(H,93,123)(H,94,121)(H,95,125)(H,96,117)(H,97,122)(H,98,120)(H,99,124)(H,100,119)(H,113,114)(H,115,116)/t45-,50+,55-,56-,57-,58-,59-,60+,61-,62-,63-,64-,65-,66-,67-/m0/s1. The molecule has 45 heteroatoms. The highest BCUT2D eigenvalue weighted by molar-refractivity contribution is 8.00. The number of aromatic hydroxyl groups is 1. The Morgan fingerprint density at radius 2 is 0.977 bits per heavy atom. The minimum Gasteiger partial charge on any atom is -0.508 e. The number of fused-ring (bicyclic) bond motifs is 4. The molecule has 2 aromatic heterocycles. The van der Waals surface area contributed by atoms with Gasteiger partial charge in [0.05, 0.1) is 38.0 Å². The first-order chi connectivity index (χ1) is 62.3. The van der Waals surface area contributed by atoms with Gasteiger partial charge < -0.3 is 130 Å². The molecule has 3 aliphatic rings. The summed E-state index contributed by atoms with van der Waals surface area (Å²) >= 11 is 0.684. The number of hydrogen-bond acceptors (Lipinski definition) is 24. The van der Waals surface area contributed by atoms with Crippen LogP contribution in [0.3, 0.4) is 0 Å². The molecule has 44 nitrogen and oxygen atoms in total. The van der Waals surface area contributed by atoms with E-state index in [1.807, 2.05) is 0 Å². The Morgan fingerprint density at radius 3 is 1.55 bits per heavy atom. The number of carbonyl (C=O) groups is 19. The van der Waals surface area contributed by atoms with Gasteiger partial charge in [-0.15, -0.1) is 11.8 Å². The number of nitrogens with one attached hydrogen (secondary N) is 12. The fraction of sp³-hybridized carbons (Fsp3) is 0.523. The molecule has 3 saturated heterocycles. The SMILES string of the molecule is CCCC[C@H]1C(=O)N(C)[C@@H](CCCC)C(=O)N[C@@H](CCC(=O)O)C(=O)N[C@H](C(=O)NCC(N)=O)CSCC(=O)N[C@@H](Cc2ccc(O)cc2)C(=O)N(C)[C@@H](C)C(=O)N[C@H](CC(N)=O)C(=O)N2CCC[C@H]2C(=O)N[C@@H](CO)C(=O)N[C@@H](CCC(=O)O)C(=O)N2C[C@H](O)C[C@H]2C(=O)N[C@@H](Cc2c[nH]c3ccccc23)C(=O)N[C@@H](CO)C(=O)N[C@@H](Cc2c[nH]c3ccccc23)C(=O)N1C. The summed E-state index contributed by atoms with van der Waals surface area (Å²) in [5.74, 6) is -22.5. The number of nitrogens with zero attached hydrogens (tertiary/aromatic N) is 5. The third kappa shape index (κ3) is 28.6. The van der Waals surface area contributed by atoms with Gasteiger partial charge in [-0.3, -0.25) is 91.1 Å². The van der Waals surface area contributed by atoms with Gasteiger partial charge in [0.15, 0.2) is 0 Å². The highest BCUT2D eigenvalue weighted by Crippen LogP contribution is 2.28. The van der Waals surface area contributed by atoms with Crippen molar-refractivity contribution in [1.29, 1.82) is 0 Å². The van der Waals surface area contributed by atoms with Crippen molar-refractivity contribution >= 4 is 146 Å². The molecule has 712 valence electrons. The molecule has 0 bridgehead atoms. The lowest BCUT2D eigenvalue weighted by atomic mass is 10.00. The van der Waals surface area contributed by atoms with E-state index in [2.05, 4.69) is 63.1 Å². The van der Waals surface area contributed by atoms with E-state index in [1.165, 1.54) is 51.5 Å². The summed E-state index contributed by atoms with van der Waals surface area (Å²) in [5, 5.41) is 89.1. The van der Waals surface area contributed by atoms with E-state index in [1.54, 1.807) is 68.6 Å². The number of hydrogen-bond donors (Lipinski definition) is 20. The second-order valence-electron chi connectivity index (χ2n) is 32.6. The van der Waals surface area contributed by atoms with Gasteiger partial charge in [-0.05, 0) is 86.4 Å². The van der Waals surface area contributed by atoms with Crippen LogP contribution < -0.4 is 64.6 Å². The first-order valence-corrected chi connectivity index (χ1v) is 44.2. The van der Waals surface area contributed by atoms with Gasteiger partial charge >= 0.3 is 11.9 Å². The number of aliphatic hydroxyl groups excluding tert-OH is 3. The minimum absolute atomic E-state index is 0.0691. The van der Waals surface area contributed by atoms with Crippen LogP contribution >= 0.6 is 11.8 Å². The normalized spacial score (nSPS) is 25.1. The number of aromatic amines is 2. The van der Waals surface area contributed by atoms with E-state index < -0.39 is 286 Å². The number of aliphatic hydroxyl groups is 3. The number of unbranched alkanes of at least 4 members (excludes halogenated alkanes) is 2. The number of carboxylic acids is 2. The van der Waals surface area contributed by atoms with E-state index in [0.717, 1.165) is 31.5 Å². The van der Waals surface area contributed by atoms with Crippen LogP contribution in [0.2, 0.25) is 0 Å². The Labute approximate surface area is 757 Å². The van der Waals surface area contributed by atoms with Crippen LogP contribution in [0.5, 0.6) is 5.75 Å². The van der Waals surface area contributed by atoms with Crippen LogP contribution in [0, 0.1) is 0 Å². The summed E-state index contributed by atoms with van der Waals surface area (Å²) < 4.78 is 0. The average Bonchev–Trinajstić information content (AvgIpc) is 1.80. The van der Waals surface area contributed by atoms with Crippen LogP contribution in [-0.4, -0.2) is 334 Å². The van der Waals surface area contributed by atoms with Crippen LogP contribution in [-0.2, 0) is 110 Å². The molecule has 5 aromatic rings. The average molecular weight is 1850 g/mol. The molecule has 0 spiro atoms. The van der Waals surface area contributed by atoms with E-state index in [9.17, 15) is 93.0 Å². The number of phenolic OH excluding ortho intramolecular Hbond substituents is 1. The summed E-state index contributed by atoms with van der Waals surface area (Å²) in [7, 11) is 3.71. The number of thioether (sulfide) groups is 1. The molecule has 5 heterocycles. The zero-order valence-electron chi connectivity index (χ0n) is 73.5. The topological polar surface area (TPSA) is 666 Å². The molecule has 17 amide bonds. The van der Waals surface area contributed by atoms with Gasteiger partial charge in [0.25, 0.3) is 0 Å². The number of aliphatic carboxylic acids is 2. The Kier molecular flexibility index (Phi) is 38.5. The summed E-state index contributed by atoms with van der Waals surface area (Å²) in [4.78, 5) is 282. The fourth-order valence-electron chi connectivity index (χ4n) is 15.7. The maximum atomic E-state index is 15.6. The minimum atomic E-state index is -1.99. The Hall–Kier alpha value is -13.3. The Bertz CT molecular complexity index is 4990. The largest absolute Gasteiger partial charge is 0.508 e. The zero-order chi connectivity index (χ0) is 96.2. The third-order valence-electron chi connectivity index (χ3n) is 23.1. The third-order valence-corrected chi connectivity index (χ3v) is 24.2. The van der Waals surface area contributed by atoms with Crippen LogP contribution in [0.15, 0.2) is 85.2 Å². The maximum absolute atomic E-state index is 15.6. The molecule has 8 rings (SSSR count). The van der Waals surface area contributed by atoms with Crippen molar-refractivity contribution in [2.24, 2.45) is 11.5 Å². The molecule has 3 aromatic carbocycles. The first-order valence-electron chi connectivity index (χ1n) is 43.0. The summed E-state index contributed by atoms with van der Waals surface area (Å²) in [6.07, 6.45) is -2.62. The van der Waals surface area contributed by atoms with Crippen LogP contribution in [0.25, 0.3) is 21.8 Å². The highest BCUT2D eigenvalue weighted by Gasteiger charge is 2.47. The van der Waals surface area contributed by atoms with Crippen molar-refractivity contribution in [3.05, 3.63) is 102 Å². The number of likely N-dealkylation sites (N-methyl/N-ethyl adjacent to an activating group) is 3. The number of benzene rings is 3. The van der Waals surface area contributed by atoms with Crippen molar-refractivity contribution in [3.63, 3.8) is 0 Å². The number of aromatic nitrogens is 2. The number of primary amides is 2. The van der Waals surface area contributed by atoms with Gasteiger partial charge in [0, 0.05) is 113 Å². The van der Waals surface area contributed by atoms with Crippen molar-refractivity contribution < 1.29 is 122 Å². The zero-order valence-corrected chi connectivity index (χ0v) is 74.3. The number of para-hydroxylation sites is 2. The fourth-order valence-corrected chi connectivity index (χ4v) is 16.6. The maximum Gasteiger partial charge on any atom is 0.303 e. The lowest BCUT2D eigenvalue weighted by Crippen LogP contribution is -2.62. The Morgan fingerprint density at radius 1 is 0.496 bits per heavy atom. The second-order valence-corrected chi connectivity index (χ2v) is 33.7. The van der Waals surface area contributed by atoms with Gasteiger partial charge in [-0.1, -0.05) is 88.1 Å².